The standard InChI is InChI=1S/C29H38N4O/c1-2-33-27(20-19-21-11-4-3-5-12-21)31-32-28(33)24-16-8-9-17-25(24)29(34)30-26-18-10-14-22-13-6-7-15-23(22)26/h6-7,10,13-15,18,21,24-25H,2-5,8-9,11-12,16-17,19-20H2,1H3,(H,30,34)/t24-,25-/m0/s1. The van der Waals surface area contributed by atoms with Crippen LogP contribution in [0.3, 0.4) is 0 Å². The Morgan fingerprint density at radius 1 is 0.941 bits per heavy atom. The van der Waals surface area contributed by atoms with Crippen molar-refractivity contribution in [2.45, 2.75) is 90.0 Å². The Kier molecular flexibility index (Phi) is 7.27. The lowest BCUT2D eigenvalue weighted by atomic mass is 9.78. The fraction of sp³-hybridized carbons (Fsp3) is 0.552. The van der Waals surface area contributed by atoms with Gasteiger partial charge < -0.3 is 9.88 Å². The highest BCUT2D eigenvalue weighted by atomic mass is 16.1. The summed E-state index contributed by atoms with van der Waals surface area (Å²) in [4.78, 5) is 13.6. The fourth-order valence-corrected chi connectivity index (χ4v) is 6.28. The maximum atomic E-state index is 13.6. The largest absolute Gasteiger partial charge is 0.325 e. The van der Waals surface area contributed by atoms with Crippen molar-refractivity contribution in [1.82, 2.24) is 14.8 Å². The number of nitrogens with zero attached hydrogens (tertiary/aromatic N) is 3. The van der Waals surface area contributed by atoms with E-state index in [-0.39, 0.29) is 17.7 Å². The second kappa shape index (κ2) is 10.7. The van der Waals surface area contributed by atoms with Crippen LogP contribution in [-0.4, -0.2) is 20.7 Å². The van der Waals surface area contributed by atoms with Gasteiger partial charge in [0.05, 0.1) is 0 Å². The lowest BCUT2D eigenvalue weighted by molar-refractivity contribution is -0.121. The molecule has 0 radical (unpaired) electrons. The van der Waals surface area contributed by atoms with Gasteiger partial charge in [0.25, 0.3) is 0 Å². The summed E-state index contributed by atoms with van der Waals surface area (Å²) in [5.41, 5.74) is 0.901. The predicted octanol–water partition coefficient (Wildman–Crippen LogP) is 6.88. The van der Waals surface area contributed by atoms with Crippen molar-refractivity contribution < 1.29 is 4.79 Å². The van der Waals surface area contributed by atoms with E-state index in [2.05, 4.69) is 40.1 Å². The second-order valence-corrected chi connectivity index (χ2v) is 10.3. The molecular formula is C29H38N4O. The van der Waals surface area contributed by atoms with Crippen molar-refractivity contribution >= 4 is 22.4 Å². The zero-order valence-corrected chi connectivity index (χ0v) is 20.5. The van der Waals surface area contributed by atoms with Crippen LogP contribution in [-0.2, 0) is 17.8 Å². The zero-order valence-electron chi connectivity index (χ0n) is 20.5. The molecule has 0 spiro atoms. The van der Waals surface area contributed by atoms with E-state index in [1.807, 2.05) is 24.3 Å². The summed E-state index contributed by atoms with van der Waals surface area (Å²) >= 11 is 0. The summed E-state index contributed by atoms with van der Waals surface area (Å²) in [5.74, 6) is 3.18. The zero-order chi connectivity index (χ0) is 23.3. The van der Waals surface area contributed by atoms with Crippen molar-refractivity contribution in [2.75, 3.05) is 5.32 Å². The van der Waals surface area contributed by atoms with Crippen molar-refractivity contribution in [1.29, 1.82) is 0 Å². The van der Waals surface area contributed by atoms with E-state index < -0.39 is 0 Å². The van der Waals surface area contributed by atoms with Crippen LogP contribution in [0.2, 0.25) is 0 Å². The molecule has 1 heterocycles. The number of hydrogen-bond acceptors (Lipinski definition) is 3. The Morgan fingerprint density at radius 3 is 2.56 bits per heavy atom. The Bertz CT molecular complexity index is 1110. The first-order chi connectivity index (χ1) is 16.7. The van der Waals surface area contributed by atoms with Gasteiger partial charge in [0.1, 0.15) is 11.6 Å². The first kappa shape index (κ1) is 23.1. The molecule has 0 aliphatic heterocycles. The molecule has 2 aliphatic rings. The average molecular weight is 459 g/mol. The minimum Gasteiger partial charge on any atom is -0.325 e. The molecule has 1 N–H and O–H groups in total. The quantitative estimate of drug-likeness (QED) is 0.420. The topological polar surface area (TPSA) is 59.8 Å². The molecule has 0 saturated heterocycles. The Labute approximate surface area is 203 Å². The molecule has 2 fully saturated rings. The van der Waals surface area contributed by atoms with E-state index >= 15 is 0 Å². The third-order valence-corrected chi connectivity index (χ3v) is 8.16. The van der Waals surface area contributed by atoms with Crippen LogP contribution in [0.25, 0.3) is 10.8 Å². The molecule has 5 rings (SSSR count). The van der Waals surface area contributed by atoms with Crippen molar-refractivity contribution in [3.8, 4) is 0 Å². The summed E-state index contributed by atoms with van der Waals surface area (Å²) in [6, 6.07) is 14.3. The molecule has 3 aromatic rings. The molecular weight excluding hydrogens is 420 g/mol. The number of amides is 1. The van der Waals surface area contributed by atoms with Crippen molar-refractivity contribution in [3.05, 3.63) is 54.1 Å². The van der Waals surface area contributed by atoms with Crippen LogP contribution in [0.1, 0.15) is 88.7 Å². The smallest absolute Gasteiger partial charge is 0.228 e. The lowest BCUT2D eigenvalue weighted by Crippen LogP contribution is -2.32. The third kappa shape index (κ3) is 4.89. The lowest BCUT2D eigenvalue weighted by Gasteiger charge is -2.30. The minimum absolute atomic E-state index is 0.0617. The number of benzene rings is 2. The minimum atomic E-state index is -0.0617. The molecule has 34 heavy (non-hydrogen) atoms. The highest BCUT2D eigenvalue weighted by molar-refractivity contribution is 6.03. The van der Waals surface area contributed by atoms with Gasteiger partial charge in [0.2, 0.25) is 5.91 Å². The number of anilines is 1. The number of hydrogen-bond donors (Lipinski definition) is 1. The van der Waals surface area contributed by atoms with E-state index in [0.29, 0.717) is 0 Å². The molecule has 180 valence electrons. The van der Waals surface area contributed by atoms with Gasteiger partial charge in [0.15, 0.2) is 0 Å². The fourth-order valence-electron chi connectivity index (χ4n) is 6.28. The molecule has 2 aliphatic carbocycles. The van der Waals surface area contributed by atoms with Crippen molar-refractivity contribution in [3.63, 3.8) is 0 Å². The van der Waals surface area contributed by atoms with Gasteiger partial charge in [-0.15, -0.1) is 10.2 Å². The van der Waals surface area contributed by atoms with E-state index in [1.165, 1.54) is 38.5 Å². The summed E-state index contributed by atoms with van der Waals surface area (Å²) < 4.78 is 2.32. The van der Waals surface area contributed by atoms with Crippen LogP contribution in [0.15, 0.2) is 42.5 Å². The van der Waals surface area contributed by atoms with E-state index in [9.17, 15) is 4.79 Å². The first-order valence-corrected chi connectivity index (χ1v) is 13.4. The van der Waals surface area contributed by atoms with E-state index in [0.717, 1.165) is 72.7 Å². The molecule has 1 amide bonds. The summed E-state index contributed by atoms with van der Waals surface area (Å²) in [5, 5.41) is 14.9. The van der Waals surface area contributed by atoms with Crippen LogP contribution in [0, 0.1) is 11.8 Å². The van der Waals surface area contributed by atoms with Gasteiger partial charge in [-0.25, -0.2) is 0 Å². The number of carbonyl (C=O) groups excluding carboxylic acids is 1. The first-order valence-electron chi connectivity index (χ1n) is 13.4. The monoisotopic (exact) mass is 458 g/mol. The molecule has 5 nitrogen and oxygen atoms in total. The summed E-state index contributed by atoms with van der Waals surface area (Å²) in [6.45, 7) is 3.06. The molecule has 2 saturated carbocycles. The van der Waals surface area contributed by atoms with Crippen LogP contribution in [0.4, 0.5) is 5.69 Å². The molecule has 5 heteroatoms. The molecule has 0 bridgehead atoms. The SMILES string of the molecule is CCn1c(CCC2CCCCC2)nnc1[C@H]1CCCC[C@@H]1C(=O)Nc1cccc2ccccc12. The number of rotatable bonds is 7. The number of fused-ring (bicyclic) bond motifs is 1. The number of aromatic nitrogens is 3. The van der Waals surface area contributed by atoms with Crippen LogP contribution < -0.4 is 5.32 Å². The number of aryl methyl sites for hydroxylation is 1. The van der Waals surface area contributed by atoms with Gasteiger partial charge in [0, 0.05) is 35.9 Å². The number of carbonyl (C=O) groups is 1. The second-order valence-electron chi connectivity index (χ2n) is 10.3. The highest BCUT2D eigenvalue weighted by Gasteiger charge is 2.36. The van der Waals surface area contributed by atoms with Crippen molar-refractivity contribution in [2.24, 2.45) is 11.8 Å². The maximum Gasteiger partial charge on any atom is 0.228 e. The molecule has 1 aromatic heterocycles. The Morgan fingerprint density at radius 2 is 1.71 bits per heavy atom. The average Bonchev–Trinajstić information content (AvgIpc) is 3.31. The molecule has 0 unspecified atom stereocenters. The normalized spacial score (nSPS) is 21.6. The number of nitrogens with one attached hydrogen (secondary N) is 1. The van der Waals surface area contributed by atoms with Gasteiger partial charge in [-0.1, -0.05) is 81.3 Å². The molecule has 2 atom stereocenters. The highest BCUT2D eigenvalue weighted by Crippen LogP contribution is 2.39. The van der Waals surface area contributed by atoms with Gasteiger partial charge in [-0.2, -0.15) is 0 Å². The van der Waals surface area contributed by atoms with Gasteiger partial charge in [-0.05, 0) is 43.6 Å². The third-order valence-electron chi connectivity index (χ3n) is 8.16. The predicted molar refractivity (Wildman–Crippen MR) is 138 cm³/mol. The Balaban J connectivity index is 1.34. The van der Waals surface area contributed by atoms with Gasteiger partial charge >= 0.3 is 0 Å². The van der Waals surface area contributed by atoms with E-state index in [1.54, 1.807) is 0 Å². The summed E-state index contributed by atoms with van der Waals surface area (Å²) in [6.07, 6.45) is 13.3. The van der Waals surface area contributed by atoms with Crippen LogP contribution in [0.5, 0.6) is 0 Å². The van der Waals surface area contributed by atoms with Gasteiger partial charge in [-0.3, -0.25) is 4.79 Å². The molecule has 2 aromatic carbocycles. The summed E-state index contributed by atoms with van der Waals surface area (Å²) in [7, 11) is 0. The van der Waals surface area contributed by atoms with Crippen LogP contribution >= 0.6 is 0 Å². The maximum absolute atomic E-state index is 13.6. The van der Waals surface area contributed by atoms with E-state index in [4.69, 9.17) is 5.10 Å². The Hall–Kier alpha value is -2.69.